The van der Waals surface area contributed by atoms with Gasteiger partial charge in [-0.25, -0.2) is 0 Å². The predicted molar refractivity (Wildman–Crippen MR) is 184 cm³/mol. The topological polar surface area (TPSA) is 40.5 Å². The van der Waals surface area contributed by atoms with Crippen molar-refractivity contribution in [1.82, 2.24) is 0 Å². The Balaban J connectivity index is 1.90. The Morgan fingerprint density at radius 3 is 1.19 bits per heavy atom. The van der Waals surface area contributed by atoms with Gasteiger partial charge < -0.3 is 10.2 Å². The molecular formula is C40H56O2. The molecule has 0 saturated carbocycles. The molecule has 2 aliphatic carbocycles. The Hall–Kier alpha value is -2.94. The van der Waals surface area contributed by atoms with Crippen LogP contribution in [0.5, 0.6) is 0 Å². The molecule has 0 aliphatic heterocycles. The van der Waals surface area contributed by atoms with Crippen LogP contribution in [0.3, 0.4) is 0 Å². The van der Waals surface area contributed by atoms with Crippen molar-refractivity contribution in [3.63, 3.8) is 0 Å². The lowest BCUT2D eigenvalue weighted by Crippen LogP contribution is -2.28. The molecule has 0 spiro atoms. The summed E-state index contributed by atoms with van der Waals surface area (Å²) in [6.45, 7) is 21.6. The summed E-state index contributed by atoms with van der Waals surface area (Å²) >= 11 is 0. The van der Waals surface area contributed by atoms with E-state index in [0.29, 0.717) is 0 Å². The lowest BCUT2D eigenvalue weighted by Gasteiger charge is -2.35. The van der Waals surface area contributed by atoms with Crippen LogP contribution in [0.4, 0.5) is 0 Å². The SMILES string of the molecule is CC1=C(/C=C/C(C)=C/C=C/C(C)=C/C=C/C=C(C)/C=C/C=C(C)/C=C/C2=C(C)C[C@H](O)CC2(C)C)C(C)(C)C[C@@H](O)C1. The van der Waals surface area contributed by atoms with E-state index >= 15 is 0 Å². The maximum atomic E-state index is 10.1. The molecule has 0 aromatic heterocycles. The fourth-order valence-electron chi connectivity index (χ4n) is 6.13. The van der Waals surface area contributed by atoms with E-state index in [9.17, 15) is 10.2 Å². The minimum atomic E-state index is -0.227. The molecular weight excluding hydrogens is 512 g/mol. The number of rotatable bonds is 10. The Labute approximate surface area is 257 Å². The highest BCUT2D eigenvalue weighted by molar-refractivity contribution is 5.39. The fraction of sp³-hybridized carbons (Fsp3) is 0.450. The number of hydrogen-bond acceptors (Lipinski definition) is 2. The molecule has 228 valence electrons. The molecule has 0 unspecified atom stereocenters. The van der Waals surface area contributed by atoms with E-state index in [0.717, 1.165) is 25.7 Å². The normalized spacial score (nSPS) is 25.0. The highest BCUT2D eigenvalue weighted by Crippen LogP contribution is 2.42. The van der Waals surface area contributed by atoms with Crippen molar-refractivity contribution < 1.29 is 10.2 Å². The summed E-state index contributed by atoms with van der Waals surface area (Å²) < 4.78 is 0. The monoisotopic (exact) mass is 568 g/mol. The van der Waals surface area contributed by atoms with Crippen molar-refractivity contribution >= 4 is 0 Å². The first-order chi connectivity index (χ1) is 19.6. The minimum absolute atomic E-state index is 0.00547. The second-order valence-corrected chi connectivity index (χ2v) is 13.7. The molecule has 2 aliphatic rings. The quantitative estimate of drug-likeness (QED) is 0.257. The zero-order valence-corrected chi connectivity index (χ0v) is 28.0. The van der Waals surface area contributed by atoms with E-state index in [1.165, 1.54) is 44.6 Å². The standard InChI is InChI=1S/C40H56O2/c1-29(17-13-19-31(3)21-23-37-33(5)25-35(41)27-39(37,7)8)15-11-12-16-30(2)18-14-20-32(4)22-24-38-34(6)26-36(42)28-40(38,9)10/h11-24,35-36,41-42H,25-28H2,1-10H3/b12-11+,17-13+,18-14+,23-21+,24-22+,29-15+,30-16+,31-19+,32-20+/t35-,36-/m0/s1. The van der Waals surface area contributed by atoms with Crippen molar-refractivity contribution in [2.45, 2.75) is 107 Å². The number of hydrogen-bond donors (Lipinski definition) is 2. The highest BCUT2D eigenvalue weighted by Gasteiger charge is 2.32. The fourth-order valence-corrected chi connectivity index (χ4v) is 6.13. The van der Waals surface area contributed by atoms with Gasteiger partial charge in [-0.1, -0.05) is 146 Å². The van der Waals surface area contributed by atoms with E-state index in [4.69, 9.17) is 0 Å². The molecule has 0 aromatic rings. The largest absolute Gasteiger partial charge is 0.393 e. The Bertz CT molecular complexity index is 1190. The minimum Gasteiger partial charge on any atom is -0.393 e. The zero-order chi connectivity index (χ0) is 31.5. The second-order valence-electron chi connectivity index (χ2n) is 13.7. The average molecular weight is 569 g/mol. The molecule has 0 heterocycles. The van der Waals surface area contributed by atoms with Crippen LogP contribution in [-0.2, 0) is 0 Å². The molecule has 0 fully saturated rings. The van der Waals surface area contributed by atoms with Crippen molar-refractivity contribution in [3.05, 3.63) is 130 Å². The first-order valence-corrected chi connectivity index (χ1v) is 15.5. The van der Waals surface area contributed by atoms with Gasteiger partial charge in [0.1, 0.15) is 0 Å². The summed E-state index contributed by atoms with van der Waals surface area (Å²) in [5.74, 6) is 0. The number of aliphatic hydroxyl groups excluding tert-OH is 2. The van der Waals surface area contributed by atoms with Gasteiger partial charge in [0.25, 0.3) is 0 Å². The van der Waals surface area contributed by atoms with Gasteiger partial charge in [-0.05, 0) is 89.2 Å². The molecule has 42 heavy (non-hydrogen) atoms. The lowest BCUT2D eigenvalue weighted by atomic mass is 9.71. The van der Waals surface area contributed by atoms with E-state index in [-0.39, 0.29) is 23.0 Å². The summed E-state index contributed by atoms with van der Waals surface area (Å²) in [5, 5.41) is 20.2. The molecule has 0 aromatic carbocycles. The predicted octanol–water partition coefficient (Wildman–Crippen LogP) is 10.5. The summed E-state index contributed by atoms with van der Waals surface area (Å²) in [6.07, 6.45) is 32.6. The van der Waals surface area contributed by atoms with Crippen LogP contribution in [0.15, 0.2) is 130 Å². The van der Waals surface area contributed by atoms with Gasteiger partial charge in [-0.15, -0.1) is 0 Å². The van der Waals surface area contributed by atoms with Crippen LogP contribution >= 0.6 is 0 Å². The van der Waals surface area contributed by atoms with Gasteiger partial charge in [0.2, 0.25) is 0 Å². The Morgan fingerprint density at radius 1 is 0.548 bits per heavy atom. The third-order valence-electron chi connectivity index (χ3n) is 8.24. The van der Waals surface area contributed by atoms with Crippen LogP contribution in [0.25, 0.3) is 0 Å². The third kappa shape index (κ3) is 11.7. The van der Waals surface area contributed by atoms with E-state index in [2.05, 4.69) is 154 Å². The molecule has 2 heteroatoms. The highest BCUT2D eigenvalue weighted by atomic mass is 16.3. The smallest absolute Gasteiger partial charge is 0.0585 e. The Kier molecular flexibility index (Phi) is 13.5. The van der Waals surface area contributed by atoms with Crippen molar-refractivity contribution in [3.8, 4) is 0 Å². The summed E-state index contributed by atoms with van der Waals surface area (Å²) in [7, 11) is 0. The van der Waals surface area contributed by atoms with Gasteiger partial charge >= 0.3 is 0 Å². The van der Waals surface area contributed by atoms with Crippen molar-refractivity contribution in [1.29, 1.82) is 0 Å². The van der Waals surface area contributed by atoms with Gasteiger partial charge in [0.05, 0.1) is 12.2 Å². The molecule has 0 amide bonds. The number of allylic oxidation sites excluding steroid dienone is 20. The summed E-state index contributed by atoms with van der Waals surface area (Å²) in [4.78, 5) is 0. The molecule has 2 N–H and O–H groups in total. The summed E-state index contributed by atoms with van der Waals surface area (Å²) in [6, 6.07) is 0. The van der Waals surface area contributed by atoms with Gasteiger partial charge in [-0.3, -0.25) is 0 Å². The van der Waals surface area contributed by atoms with Crippen LogP contribution in [0, 0.1) is 10.8 Å². The molecule has 2 nitrogen and oxygen atoms in total. The first-order valence-electron chi connectivity index (χ1n) is 15.5. The number of aliphatic hydroxyl groups is 2. The maximum absolute atomic E-state index is 10.1. The molecule has 2 rings (SSSR count). The van der Waals surface area contributed by atoms with E-state index in [1.807, 2.05) is 0 Å². The summed E-state index contributed by atoms with van der Waals surface area (Å²) in [5.41, 5.74) is 10.1. The van der Waals surface area contributed by atoms with Crippen LogP contribution in [0.2, 0.25) is 0 Å². The molecule has 0 bridgehead atoms. The van der Waals surface area contributed by atoms with Gasteiger partial charge in [0.15, 0.2) is 0 Å². The zero-order valence-electron chi connectivity index (χ0n) is 28.0. The van der Waals surface area contributed by atoms with Crippen LogP contribution < -0.4 is 0 Å². The maximum Gasteiger partial charge on any atom is 0.0585 e. The molecule has 2 atom stereocenters. The third-order valence-corrected chi connectivity index (χ3v) is 8.24. The first kappa shape index (κ1) is 35.3. The van der Waals surface area contributed by atoms with Crippen LogP contribution in [0.1, 0.15) is 94.9 Å². The Morgan fingerprint density at radius 2 is 0.857 bits per heavy atom. The van der Waals surface area contributed by atoms with Crippen molar-refractivity contribution in [2.24, 2.45) is 10.8 Å². The molecule has 0 saturated heterocycles. The van der Waals surface area contributed by atoms with Gasteiger partial charge in [0, 0.05) is 0 Å². The van der Waals surface area contributed by atoms with E-state index < -0.39 is 0 Å². The van der Waals surface area contributed by atoms with E-state index in [1.54, 1.807) is 0 Å². The second kappa shape index (κ2) is 16.1. The van der Waals surface area contributed by atoms with Gasteiger partial charge in [-0.2, -0.15) is 0 Å². The van der Waals surface area contributed by atoms with Crippen molar-refractivity contribution in [2.75, 3.05) is 0 Å². The average Bonchev–Trinajstić information content (AvgIpc) is 2.84. The molecule has 0 radical (unpaired) electrons. The lowest BCUT2D eigenvalue weighted by molar-refractivity contribution is 0.116. The van der Waals surface area contributed by atoms with Crippen LogP contribution in [-0.4, -0.2) is 22.4 Å².